The van der Waals surface area contributed by atoms with Crippen LogP contribution in [-0.4, -0.2) is 15.8 Å². The Hall–Kier alpha value is -1.59. The molecule has 2 rings (SSSR count). The first-order chi connectivity index (χ1) is 8.99. The largest absolute Gasteiger partial charge is 0.481 e. The molecule has 1 aromatic heterocycles. The molecule has 19 heavy (non-hydrogen) atoms. The molecule has 6 heteroatoms. The van der Waals surface area contributed by atoms with Gasteiger partial charge in [0.25, 0.3) is 0 Å². The molecule has 2 aromatic rings. The lowest BCUT2D eigenvalue weighted by Gasteiger charge is -2.21. The zero-order valence-corrected chi connectivity index (χ0v) is 11.4. The topological polar surface area (TPSA) is 53.1 Å². The van der Waals surface area contributed by atoms with Crippen LogP contribution in [0.2, 0.25) is 5.02 Å². The molecule has 0 amide bonds. The van der Waals surface area contributed by atoms with Gasteiger partial charge in [0.2, 0.25) is 0 Å². The van der Waals surface area contributed by atoms with Crippen LogP contribution >= 0.6 is 11.6 Å². The van der Waals surface area contributed by atoms with Gasteiger partial charge in [0.05, 0.1) is 11.2 Å². The van der Waals surface area contributed by atoms with Gasteiger partial charge < -0.3 is 10.5 Å². The summed E-state index contributed by atoms with van der Waals surface area (Å²) in [6.07, 6.45) is 2.95. The summed E-state index contributed by atoms with van der Waals surface area (Å²) in [4.78, 5) is 0. The maximum Gasteiger partial charge on any atom is 0.183 e. The Labute approximate surface area is 115 Å². The lowest BCUT2D eigenvalue weighted by atomic mass is 10.1. The van der Waals surface area contributed by atoms with E-state index in [4.69, 9.17) is 22.1 Å². The van der Waals surface area contributed by atoms with Crippen LogP contribution in [0.1, 0.15) is 18.6 Å². The number of halogens is 2. The molecule has 1 aromatic carbocycles. The average Bonchev–Trinajstić information content (AvgIpc) is 2.77. The molecule has 1 heterocycles. The van der Waals surface area contributed by atoms with Gasteiger partial charge in [-0.2, -0.15) is 5.10 Å². The quantitative estimate of drug-likeness (QED) is 0.938. The van der Waals surface area contributed by atoms with Crippen LogP contribution in [0.25, 0.3) is 0 Å². The molecule has 0 saturated carbocycles. The fourth-order valence-corrected chi connectivity index (χ4v) is 1.94. The van der Waals surface area contributed by atoms with Crippen molar-refractivity contribution >= 4 is 11.6 Å². The normalized spacial score (nSPS) is 14.2. The summed E-state index contributed by atoms with van der Waals surface area (Å²) >= 11 is 5.72. The lowest BCUT2D eigenvalue weighted by molar-refractivity contribution is 0.172. The molecule has 0 radical (unpaired) electrons. The van der Waals surface area contributed by atoms with Gasteiger partial charge in [-0.15, -0.1) is 0 Å². The highest BCUT2D eigenvalue weighted by molar-refractivity contribution is 6.30. The van der Waals surface area contributed by atoms with Crippen LogP contribution in [-0.2, 0) is 7.05 Å². The van der Waals surface area contributed by atoms with E-state index in [-0.39, 0.29) is 16.8 Å². The summed E-state index contributed by atoms with van der Waals surface area (Å²) in [6, 6.07) is 4.30. The van der Waals surface area contributed by atoms with E-state index in [1.165, 1.54) is 12.1 Å². The van der Waals surface area contributed by atoms with Gasteiger partial charge in [-0.3, -0.25) is 4.68 Å². The van der Waals surface area contributed by atoms with E-state index < -0.39 is 11.9 Å². The van der Waals surface area contributed by atoms with Crippen molar-refractivity contribution in [3.63, 3.8) is 0 Å². The molecule has 0 bridgehead atoms. The third kappa shape index (κ3) is 3.05. The molecule has 4 nitrogen and oxygen atoms in total. The number of nitrogens with two attached hydrogens (primary N) is 1. The SMILES string of the molecule is CC(N)C(Oc1cccc(Cl)c1F)c1cnn(C)c1. The first-order valence-electron chi connectivity index (χ1n) is 5.84. The second kappa shape index (κ2) is 5.59. The first-order valence-corrected chi connectivity index (χ1v) is 6.21. The molecule has 0 spiro atoms. The number of aromatic nitrogens is 2. The predicted octanol–water partition coefficient (Wildman–Crippen LogP) is 2.68. The van der Waals surface area contributed by atoms with Crippen molar-refractivity contribution < 1.29 is 9.13 Å². The number of benzene rings is 1. The standard InChI is InChI=1S/C13H15ClFN3O/c1-8(16)13(9-6-17-18(2)7-9)19-11-5-3-4-10(14)12(11)15/h3-8,13H,16H2,1-2H3. The van der Waals surface area contributed by atoms with Gasteiger partial charge >= 0.3 is 0 Å². The Kier molecular flexibility index (Phi) is 4.07. The number of hydrogen-bond acceptors (Lipinski definition) is 3. The Morgan fingerprint density at radius 1 is 1.47 bits per heavy atom. The number of rotatable bonds is 4. The number of aryl methyl sites for hydroxylation is 1. The third-order valence-electron chi connectivity index (χ3n) is 2.70. The molecule has 102 valence electrons. The van der Waals surface area contributed by atoms with Gasteiger partial charge in [0.1, 0.15) is 6.10 Å². The number of nitrogens with zero attached hydrogens (tertiary/aromatic N) is 2. The van der Waals surface area contributed by atoms with Crippen molar-refractivity contribution in [2.45, 2.75) is 19.1 Å². The molecule has 2 N–H and O–H groups in total. The van der Waals surface area contributed by atoms with E-state index >= 15 is 0 Å². The number of hydrogen-bond donors (Lipinski definition) is 1. The third-order valence-corrected chi connectivity index (χ3v) is 2.99. The summed E-state index contributed by atoms with van der Waals surface area (Å²) in [5.74, 6) is -0.502. The van der Waals surface area contributed by atoms with Crippen molar-refractivity contribution in [1.29, 1.82) is 0 Å². The van der Waals surface area contributed by atoms with Crippen LogP contribution in [0.4, 0.5) is 4.39 Å². The van der Waals surface area contributed by atoms with Crippen LogP contribution in [0.15, 0.2) is 30.6 Å². The van der Waals surface area contributed by atoms with Gasteiger partial charge in [-0.05, 0) is 19.1 Å². The van der Waals surface area contributed by atoms with Crippen molar-refractivity contribution in [2.75, 3.05) is 0 Å². The lowest BCUT2D eigenvalue weighted by Crippen LogP contribution is -2.29. The highest BCUT2D eigenvalue weighted by Gasteiger charge is 2.21. The highest BCUT2D eigenvalue weighted by atomic mass is 35.5. The molecule has 0 saturated heterocycles. The predicted molar refractivity (Wildman–Crippen MR) is 71.6 cm³/mol. The molecular formula is C13H15ClFN3O. The van der Waals surface area contributed by atoms with E-state index in [2.05, 4.69) is 5.10 Å². The average molecular weight is 284 g/mol. The summed E-state index contributed by atoms with van der Waals surface area (Å²) in [5, 5.41) is 4.08. The smallest absolute Gasteiger partial charge is 0.183 e. The molecule has 0 fully saturated rings. The van der Waals surface area contributed by atoms with Crippen LogP contribution in [0.5, 0.6) is 5.75 Å². The molecule has 2 unspecified atom stereocenters. The molecule has 0 aliphatic carbocycles. The Morgan fingerprint density at radius 2 is 2.21 bits per heavy atom. The van der Waals surface area contributed by atoms with Gasteiger partial charge in [0.15, 0.2) is 11.6 Å². The highest BCUT2D eigenvalue weighted by Crippen LogP contribution is 2.29. The Balaban J connectivity index is 2.29. The van der Waals surface area contributed by atoms with Crippen LogP contribution < -0.4 is 10.5 Å². The molecule has 2 atom stereocenters. The summed E-state index contributed by atoms with van der Waals surface area (Å²) in [6.45, 7) is 1.79. The zero-order chi connectivity index (χ0) is 14.0. The van der Waals surface area contributed by atoms with Gasteiger partial charge in [-0.1, -0.05) is 17.7 Å². The fourth-order valence-electron chi connectivity index (χ4n) is 1.78. The van der Waals surface area contributed by atoms with Gasteiger partial charge in [-0.25, -0.2) is 4.39 Å². The van der Waals surface area contributed by atoms with Crippen LogP contribution in [0, 0.1) is 5.82 Å². The van der Waals surface area contributed by atoms with Crippen LogP contribution in [0.3, 0.4) is 0 Å². The Bertz CT molecular complexity index is 571. The maximum absolute atomic E-state index is 13.8. The minimum atomic E-state index is -0.585. The van der Waals surface area contributed by atoms with E-state index in [0.29, 0.717) is 0 Å². The summed E-state index contributed by atoms with van der Waals surface area (Å²) < 4.78 is 21.1. The van der Waals surface area contributed by atoms with E-state index in [9.17, 15) is 4.39 Å². The second-order valence-electron chi connectivity index (χ2n) is 4.40. The van der Waals surface area contributed by atoms with E-state index in [1.807, 2.05) is 0 Å². The fraction of sp³-hybridized carbons (Fsp3) is 0.308. The van der Waals surface area contributed by atoms with Crippen molar-refractivity contribution in [3.05, 3.63) is 47.0 Å². The number of ether oxygens (including phenoxy) is 1. The monoisotopic (exact) mass is 283 g/mol. The summed E-state index contributed by atoms with van der Waals surface area (Å²) in [5.41, 5.74) is 6.69. The van der Waals surface area contributed by atoms with Crippen molar-refractivity contribution in [2.24, 2.45) is 12.8 Å². The van der Waals surface area contributed by atoms with E-state index in [1.54, 1.807) is 37.1 Å². The molecular weight excluding hydrogens is 269 g/mol. The molecule has 0 aliphatic heterocycles. The first kappa shape index (κ1) is 13.8. The van der Waals surface area contributed by atoms with Crippen molar-refractivity contribution in [1.82, 2.24) is 9.78 Å². The second-order valence-corrected chi connectivity index (χ2v) is 4.80. The Morgan fingerprint density at radius 3 is 2.79 bits per heavy atom. The van der Waals surface area contributed by atoms with Crippen molar-refractivity contribution in [3.8, 4) is 5.75 Å². The van der Waals surface area contributed by atoms with E-state index in [0.717, 1.165) is 5.56 Å². The van der Waals surface area contributed by atoms with Gasteiger partial charge in [0, 0.05) is 24.8 Å². The zero-order valence-electron chi connectivity index (χ0n) is 10.7. The minimum Gasteiger partial charge on any atom is -0.481 e. The minimum absolute atomic E-state index is 0.0205. The summed E-state index contributed by atoms with van der Waals surface area (Å²) in [7, 11) is 1.79. The maximum atomic E-state index is 13.8. The molecule has 0 aliphatic rings.